The van der Waals surface area contributed by atoms with Crippen molar-refractivity contribution in [3.05, 3.63) is 40.3 Å². The van der Waals surface area contributed by atoms with Crippen LogP contribution in [0.4, 0.5) is 5.69 Å². The number of ether oxygens (including phenoxy) is 1. The molecule has 2 rings (SSSR count). The van der Waals surface area contributed by atoms with Gasteiger partial charge in [-0.15, -0.1) is 23.1 Å². The zero-order valence-corrected chi connectivity index (χ0v) is 14.6. The molecule has 1 atom stereocenters. The minimum atomic E-state index is -0.0566. The van der Waals surface area contributed by atoms with E-state index in [9.17, 15) is 4.79 Å². The van der Waals surface area contributed by atoms with Crippen LogP contribution < -0.4 is 5.32 Å². The lowest BCUT2D eigenvalue weighted by Gasteiger charge is -2.07. The summed E-state index contributed by atoms with van der Waals surface area (Å²) >= 11 is 3.38. The van der Waals surface area contributed by atoms with Gasteiger partial charge in [0.15, 0.2) is 0 Å². The molecule has 0 aliphatic carbocycles. The molecule has 0 fully saturated rings. The van der Waals surface area contributed by atoms with Crippen molar-refractivity contribution in [2.75, 3.05) is 11.9 Å². The fourth-order valence-corrected chi connectivity index (χ4v) is 3.61. The first-order valence-electron chi connectivity index (χ1n) is 7.15. The highest BCUT2D eigenvalue weighted by molar-refractivity contribution is 7.98. The second-order valence-corrected chi connectivity index (χ2v) is 6.71. The minimum Gasteiger partial charge on any atom is -0.372 e. The molecule has 0 saturated heterocycles. The van der Waals surface area contributed by atoms with Crippen LogP contribution in [0, 0.1) is 0 Å². The lowest BCUT2D eigenvalue weighted by atomic mass is 10.3. The van der Waals surface area contributed by atoms with Gasteiger partial charge in [-0.3, -0.25) is 4.79 Å². The summed E-state index contributed by atoms with van der Waals surface area (Å²) < 4.78 is 5.56. The van der Waals surface area contributed by atoms with Crippen molar-refractivity contribution >= 4 is 34.7 Å². The number of thioether (sulfide) groups is 1. The Morgan fingerprint density at radius 1 is 1.41 bits per heavy atom. The molecular formula is C16H20N2O2S2. The van der Waals surface area contributed by atoms with Crippen LogP contribution in [0.5, 0.6) is 0 Å². The lowest BCUT2D eigenvalue weighted by molar-refractivity contribution is -0.114. The Hall–Kier alpha value is -1.37. The van der Waals surface area contributed by atoms with Gasteiger partial charge in [-0.2, -0.15) is 0 Å². The number of anilines is 1. The molecule has 22 heavy (non-hydrogen) atoms. The van der Waals surface area contributed by atoms with Crippen molar-refractivity contribution < 1.29 is 9.53 Å². The maximum absolute atomic E-state index is 11.0. The molecule has 0 radical (unpaired) electrons. The summed E-state index contributed by atoms with van der Waals surface area (Å²) in [5.74, 6) is 0.772. The lowest BCUT2D eigenvalue weighted by Crippen LogP contribution is -2.05. The number of amides is 1. The molecule has 4 nitrogen and oxygen atoms in total. The summed E-state index contributed by atoms with van der Waals surface area (Å²) in [6.07, 6.45) is 0.0608. The molecule has 1 aromatic heterocycles. The Morgan fingerprint density at radius 2 is 2.14 bits per heavy atom. The smallest absolute Gasteiger partial charge is 0.221 e. The standard InChI is InChI=1S/C16H20N2O2S2/c1-4-20-11(2)16-18-14(10-22-16)9-21-15-7-5-13(6-8-15)17-12(3)19/h5-8,10-11H,4,9H2,1-3H3,(H,17,19)/t11-/m0/s1. The summed E-state index contributed by atoms with van der Waals surface area (Å²) in [5, 5.41) is 5.87. The van der Waals surface area contributed by atoms with E-state index in [2.05, 4.69) is 15.7 Å². The molecule has 1 N–H and O–H groups in total. The third-order valence-corrected chi connectivity index (χ3v) is 5.00. The van der Waals surface area contributed by atoms with Crippen molar-refractivity contribution in [1.29, 1.82) is 0 Å². The summed E-state index contributed by atoms with van der Waals surface area (Å²) in [5.41, 5.74) is 1.89. The molecule has 2 aromatic rings. The molecule has 1 heterocycles. The van der Waals surface area contributed by atoms with Crippen LogP contribution in [0.2, 0.25) is 0 Å². The summed E-state index contributed by atoms with van der Waals surface area (Å²) in [7, 11) is 0. The molecule has 6 heteroatoms. The van der Waals surface area contributed by atoms with Crippen LogP contribution in [0.25, 0.3) is 0 Å². The molecule has 118 valence electrons. The van der Waals surface area contributed by atoms with Crippen molar-refractivity contribution in [2.45, 2.75) is 37.5 Å². The highest BCUT2D eigenvalue weighted by atomic mass is 32.2. The first kappa shape index (κ1) is 17.0. The Kier molecular flexibility index (Phi) is 6.42. The number of nitrogens with zero attached hydrogens (tertiary/aromatic N) is 1. The Balaban J connectivity index is 1.88. The number of rotatable bonds is 7. The largest absolute Gasteiger partial charge is 0.372 e. The molecule has 0 aliphatic heterocycles. The SMILES string of the molecule is CCO[C@@H](C)c1nc(CSc2ccc(NC(C)=O)cc2)cs1. The van der Waals surface area contributed by atoms with Crippen LogP contribution in [0.15, 0.2) is 34.5 Å². The van der Waals surface area contributed by atoms with Gasteiger partial charge in [0.25, 0.3) is 0 Å². The molecule has 0 aliphatic rings. The predicted molar refractivity (Wildman–Crippen MR) is 92.5 cm³/mol. The number of thiazole rings is 1. The summed E-state index contributed by atoms with van der Waals surface area (Å²) in [4.78, 5) is 16.7. The zero-order valence-electron chi connectivity index (χ0n) is 13.0. The van der Waals surface area contributed by atoms with Crippen molar-refractivity contribution in [3.8, 4) is 0 Å². The normalized spacial score (nSPS) is 12.1. The van der Waals surface area contributed by atoms with Gasteiger partial charge in [0.1, 0.15) is 11.1 Å². The Labute approximate surface area is 139 Å². The molecule has 0 bridgehead atoms. The molecule has 1 amide bonds. The van der Waals surface area contributed by atoms with E-state index in [1.807, 2.05) is 38.1 Å². The van der Waals surface area contributed by atoms with Crippen LogP contribution in [-0.4, -0.2) is 17.5 Å². The maximum Gasteiger partial charge on any atom is 0.221 e. The van der Waals surface area contributed by atoms with E-state index >= 15 is 0 Å². The third-order valence-electron chi connectivity index (χ3n) is 2.90. The zero-order chi connectivity index (χ0) is 15.9. The second-order valence-electron chi connectivity index (χ2n) is 4.77. The van der Waals surface area contributed by atoms with E-state index in [1.54, 1.807) is 23.1 Å². The van der Waals surface area contributed by atoms with Gasteiger partial charge in [0, 0.05) is 35.2 Å². The van der Waals surface area contributed by atoms with E-state index in [-0.39, 0.29) is 12.0 Å². The van der Waals surface area contributed by atoms with Gasteiger partial charge in [-0.1, -0.05) is 0 Å². The molecule has 0 unspecified atom stereocenters. The summed E-state index contributed by atoms with van der Waals surface area (Å²) in [6, 6.07) is 7.83. The number of carbonyl (C=O) groups excluding carboxylic acids is 1. The van der Waals surface area contributed by atoms with Crippen LogP contribution >= 0.6 is 23.1 Å². The van der Waals surface area contributed by atoms with E-state index in [1.165, 1.54) is 6.92 Å². The fourth-order valence-electron chi connectivity index (χ4n) is 1.89. The first-order valence-corrected chi connectivity index (χ1v) is 9.01. The second kappa shape index (κ2) is 8.31. The Bertz CT molecular complexity index is 611. The number of nitrogens with one attached hydrogen (secondary N) is 1. The molecular weight excluding hydrogens is 316 g/mol. The van der Waals surface area contributed by atoms with E-state index in [4.69, 9.17) is 4.74 Å². The number of hydrogen-bond acceptors (Lipinski definition) is 5. The van der Waals surface area contributed by atoms with Crippen LogP contribution in [-0.2, 0) is 15.3 Å². The number of aromatic nitrogens is 1. The maximum atomic E-state index is 11.0. The Morgan fingerprint density at radius 3 is 2.77 bits per heavy atom. The van der Waals surface area contributed by atoms with Crippen molar-refractivity contribution in [1.82, 2.24) is 4.98 Å². The number of hydrogen-bond donors (Lipinski definition) is 1. The van der Waals surface area contributed by atoms with Gasteiger partial charge in [-0.05, 0) is 38.1 Å². The van der Waals surface area contributed by atoms with E-state index < -0.39 is 0 Å². The number of benzene rings is 1. The third kappa shape index (κ3) is 5.12. The molecule has 1 aromatic carbocycles. The molecule has 0 spiro atoms. The average Bonchev–Trinajstić information content (AvgIpc) is 2.95. The quantitative estimate of drug-likeness (QED) is 0.757. The summed E-state index contributed by atoms with van der Waals surface area (Å²) in [6.45, 7) is 6.22. The number of carbonyl (C=O) groups is 1. The molecule has 0 saturated carbocycles. The van der Waals surface area contributed by atoms with Crippen molar-refractivity contribution in [2.24, 2.45) is 0 Å². The van der Waals surface area contributed by atoms with Crippen molar-refractivity contribution in [3.63, 3.8) is 0 Å². The first-order chi connectivity index (χ1) is 10.6. The van der Waals surface area contributed by atoms with Crippen LogP contribution in [0.3, 0.4) is 0 Å². The van der Waals surface area contributed by atoms with Gasteiger partial charge in [-0.25, -0.2) is 4.98 Å². The van der Waals surface area contributed by atoms with E-state index in [0.29, 0.717) is 6.61 Å². The highest BCUT2D eigenvalue weighted by Crippen LogP contribution is 2.27. The van der Waals surface area contributed by atoms with Gasteiger partial charge < -0.3 is 10.1 Å². The van der Waals surface area contributed by atoms with Gasteiger partial charge in [0.2, 0.25) is 5.91 Å². The average molecular weight is 336 g/mol. The van der Waals surface area contributed by atoms with E-state index in [0.717, 1.165) is 27.0 Å². The monoisotopic (exact) mass is 336 g/mol. The van der Waals surface area contributed by atoms with Gasteiger partial charge in [0.05, 0.1) is 5.69 Å². The highest BCUT2D eigenvalue weighted by Gasteiger charge is 2.10. The minimum absolute atomic E-state index is 0.0566. The predicted octanol–water partition coefficient (Wildman–Crippen LogP) is 4.49. The van der Waals surface area contributed by atoms with Crippen LogP contribution in [0.1, 0.15) is 37.6 Å². The topological polar surface area (TPSA) is 51.2 Å². The fraction of sp³-hybridized carbons (Fsp3) is 0.375. The van der Waals surface area contributed by atoms with Gasteiger partial charge >= 0.3 is 0 Å².